The van der Waals surface area contributed by atoms with Crippen LogP contribution in [0.4, 0.5) is 0 Å². The van der Waals surface area contributed by atoms with Crippen LogP contribution >= 0.6 is 11.6 Å². The number of likely N-dealkylation sites (tertiary alicyclic amines) is 1. The molecule has 2 amide bonds. The normalized spacial score (nSPS) is 19.0. The van der Waals surface area contributed by atoms with Crippen LogP contribution in [0.5, 0.6) is 5.75 Å². The molecule has 2 saturated heterocycles. The summed E-state index contributed by atoms with van der Waals surface area (Å²) in [7, 11) is 0. The minimum Gasteiger partial charge on any atom is -0.484 e. The van der Waals surface area contributed by atoms with E-state index in [-0.39, 0.29) is 24.5 Å². The largest absolute Gasteiger partial charge is 0.484 e. The van der Waals surface area contributed by atoms with Crippen molar-refractivity contribution < 1.29 is 14.3 Å². The second-order valence-electron chi connectivity index (χ2n) is 9.45. The minimum atomic E-state index is -0.472. The van der Waals surface area contributed by atoms with Crippen molar-refractivity contribution in [3.8, 4) is 5.75 Å². The Kier molecular flexibility index (Phi) is 7.25. The number of rotatable bonds is 7. The molecule has 0 aliphatic carbocycles. The van der Waals surface area contributed by atoms with Crippen LogP contribution in [0.25, 0.3) is 0 Å². The van der Waals surface area contributed by atoms with Gasteiger partial charge in [0.15, 0.2) is 6.61 Å². The number of ether oxygens (including phenoxy) is 1. The third-order valence-electron chi connectivity index (χ3n) is 7.11. The first-order chi connectivity index (χ1) is 17.5. The van der Waals surface area contributed by atoms with Crippen LogP contribution in [-0.2, 0) is 22.6 Å². The molecule has 3 aromatic rings. The third kappa shape index (κ3) is 5.40. The van der Waals surface area contributed by atoms with Gasteiger partial charge in [0.1, 0.15) is 5.75 Å². The van der Waals surface area contributed by atoms with E-state index in [0.717, 1.165) is 11.1 Å². The van der Waals surface area contributed by atoms with Gasteiger partial charge in [0, 0.05) is 37.5 Å². The van der Waals surface area contributed by atoms with E-state index in [2.05, 4.69) is 29.6 Å². The Morgan fingerprint density at radius 1 is 0.917 bits per heavy atom. The average Bonchev–Trinajstić information content (AvgIpc) is 3.15. The van der Waals surface area contributed by atoms with Crippen molar-refractivity contribution in [1.82, 2.24) is 15.1 Å². The Morgan fingerprint density at radius 2 is 1.53 bits per heavy atom. The van der Waals surface area contributed by atoms with Gasteiger partial charge in [-0.15, -0.1) is 0 Å². The number of amides is 2. The lowest BCUT2D eigenvalue weighted by Gasteiger charge is -2.44. The van der Waals surface area contributed by atoms with Gasteiger partial charge >= 0.3 is 0 Å². The summed E-state index contributed by atoms with van der Waals surface area (Å²) in [5.74, 6) is 0.676. The first-order valence-corrected chi connectivity index (χ1v) is 12.7. The van der Waals surface area contributed by atoms with Gasteiger partial charge in [0.25, 0.3) is 5.91 Å². The molecule has 1 N–H and O–H groups in total. The van der Waals surface area contributed by atoms with E-state index in [9.17, 15) is 9.59 Å². The van der Waals surface area contributed by atoms with E-state index in [1.165, 1.54) is 0 Å². The van der Waals surface area contributed by atoms with Crippen LogP contribution < -0.4 is 10.1 Å². The fraction of sp³-hybridized carbons (Fsp3) is 0.310. The molecule has 3 aromatic carbocycles. The van der Waals surface area contributed by atoms with Gasteiger partial charge in [-0.2, -0.15) is 0 Å². The Balaban J connectivity index is 1.27. The number of piperidine rings is 1. The van der Waals surface area contributed by atoms with Gasteiger partial charge in [0.2, 0.25) is 5.91 Å². The number of carbonyl (C=O) groups is 2. The van der Waals surface area contributed by atoms with E-state index in [0.29, 0.717) is 49.7 Å². The smallest absolute Gasteiger partial charge is 0.260 e. The van der Waals surface area contributed by atoms with E-state index in [1.807, 2.05) is 46.2 Å². The van der Waals surface area contributed by atoms with Gasteiger partial charge in [-0.1, -0.05) is 72.3 Å². The van der Waals surface area contributed by atoms with Gasteiger partial charge in [-0.3, -0.25) is 14.9 Å². The van der Waals surface area contributed by atoms with Crippen LogP contribution in [0.3, 0.4) is 0 Å². The molecule has 0 radical (unpaired) electrons. The molecular formula is C29H30ClN3O3. The predicted octanol–water partition coefficient (Wildman–Crippen LogP) is 4.28. The Morgan fingerprint density at radius 3 is 2.17 bits per heavy atom. The quantitative estimate of drug-likeness (QED) is 0.523. The zero-order valence-corrected chi connectivity index (χ0v) is 20.9. The second-order valence-corrected chi connectivity index (χ2v) is 9.89. The number of nitrogens with one attached hydrogen (secondary N) is 1. The lowest BCUT2D eigenvalue weighted by atomic mass is 9.95. The minimum absolute atomic E-state index is 0.0225. The highest BCUT2D eigenvalue weighted by molar-refractivity contribution is 6.30. The summed E-state index contributed by atoms with van der Waals surface area (Å²) >= 11 is 5.92. The van der Waals surface area contributed by atoms with Gasteiger partial charge in [-0.25, -0.2) is 0 Å². The molecule has 6 nitrogen and oxygen atoms in total. The summed E-state index contributed by atoms with van der Waals surface area (Å²) in [6, 6.07) is 26.9. The molecule has 0 aromatic heterocycles. The number of benzene rings is 3. The van der Waals surface area contributed by atoms with E-state index >= 15 is 0 Å². The highest BCUT2D eigenvalue weighted by atomic mass is 35.5. The molecule has 2 aliphatic heterocycles. The maximum atomic E-state index is 13.6. The molecule has 1 atom stereocenters. The first kappa shape index (κ1) is 24.3. The zero-order chi connectivity index (χ0) is 25.0. The number of hydrogen-bond acceptors (Lipinski definition) is 4. The number of halogens is 1. The van der Waals surface area contributed by atoms with E-state index in [4.69, 9.17) is 16.3 Å². The van der Waals surface area contributed by atoms with Crippen molar-refractivity contribution in [2.75, 3.05) is 19.7 Å². The molecular weight excluding hydrogens is 474 g/mol. The summed E-state index contributed by atoms with van der Waals surface area (Å²) in [6.45, 7) is 1.65. The second kappa shape index (κ2) is 10.7. The van der Waals surface area contributed by atoms with Crippen molar-refractivity contribution in [1.29, 1.82) is 0 Å². The van der Waals surface area contributed by atoms with Crippen LogP contribution in [0, 0.1) is 0 Å². The van der Waals surface area contributed by atoms with E-state index < -0.39 is 5.66 Å². The molecule has 0 unspecified atom stereocenters. The highest BCUT2D eigenvalue weighted by Gasteiger charge is 2.51. The van der Waals surface area contributed by atoms with Crippen molar-refractivity contribution in [2.24, 2.45) is 0 Å². The topological polar surface area (TPSA) is 61.9 Å². The highest BCUT2D eigenvalue weighted by Crippen LogP contribution is 2.35. The monoisotopic (exact) mass is 503 g/mol. The maximum Gasteiger partial charge on any atom is 0.260 e. The lowest BCUT2D eigenvalue weighted by Crippen LogP contribution is -2.59. The summed E-state index contributed by atoms with van der Waals surface area (Å²) in [5.41, 5.74) is 1.76. The predicted molar refractivity (Wildman–Crippen MR) is 140 cm³/mol. The van der Waals surface area contributed by atoms with Crippen LogP contribution in [-0.4, -0.2) is 53.0 Å². The third-order valence-corrected chi connectivity index (χ3v) is 7.36. The SMILES string of the molecule is O=C(COc1ccc(Cl)cc1)N1CCC2(CC1)N[C@@H](Cc1ccccc1)C(=O)N2Cc1ccccc1. The number of nitrogens with zero attached hydrogens (tertiary/aromatic N) is 2. The summed E-state index contributed by atoms with van der Waals surface area (Å²) in [6.07, 6.45) is 1.98. The first-order valence-electron chi connectivity index (χ1n) is 12.4. The van der Waals surface area contributed by atoms with Crippen LogP contribution in [0.1, 0.15) is 24.0 Å². The summed E-state index contributed by atoms with van der Waals surface area (Å²) in [5, 5.41) is 4.32. The van der Waals surface area contributed by atoms with Gasteiger partial charge < -0.3 is 14.5 Å². The zero-order valence-electron chi connectivity index (χ0n) is 20.1. The molecule has 5 rings (SSSR count). The molecule has 186 valence electrons. The Labute approximate surface area is 216 Å². The van der Waals surface area contributed by atoms with Crippen LogP contribution in [0.2, 0.25) is 5.02 Å². The van der Waals surface area contributed by atoms with Gasteiger partial charge in [-0.05, 0) is 41.8 Å². The maximum absolute atomic E-state index is 13.6. The average molecular weight is 504 g/mol. The Hall–Kier alpha value is -3.35. The molecule has 1 spiro atoms. The molecule has 0 bridgehead atoms. The van der Waals surface area contributed by atoms with Crippen molar-refractivity contribution in [3.63, 3.8) is 0 Å². The van der Waals surface area contributed by atoms with E-state index in [1.54, 1.807) is 24.3 Å². The molecule has 2 fully saturated rings. The molecule has 0 saturated carbocycles. The van der Waals surface area contributed by atoms with Crippen LogP contribution in [0.15, 0.2) is 84.9 Å². The Bertz CT molecular complexity index is 1180. The summed E-state index contributed by atoms with van der Waals surface area (Å²) in [4.78, 5) is 30.3. The van der Waals surface area contributed by atoms with Crippen molar-refractivity contribution in [3.05, 3.63) is 101 Å². The fourth-order valence-corrected chi connectivity index (χ4v) is 5.28. The standard InChI is InChI=1S/C29H30ClN3O3/c30-24-11-13-25(14-12-24)36-21-27(34)32-17-15-29(16-18-32)31-26(19-22-7-3-1-4-8-22)28(35)33(29)20-23-9-5-2-6-10-23/h1-14,26,31H,15-21H2/t26-/m0/s1. The number of carbonyl (C=O) groups excluding carboxylic acids is 2. The molecule has 36 heavy (non-hydrogen) atoms. The fourth-order valence-electron chi connectivity index (χ4n) is 5.15. The summed E-state index contributed by atoms with van der Waals surface area (Å²) < 4.78 is 5.66. The number of hydrogen-bond donors (Lipinski definition) is 1. The van der Waals surface area contributed by atoms with Crippen molar-refractivity contribution >= 4 is 23.4 Å². The van der Waals surface area contributed by atoms with Crippen molar-refractivity contribution in [2.45, 2.75) is 37.5 Å². The molecule has 2 heterocycles. The van der Waals surface area contributed by atoms with Gasteiger partial charge in [0.05, 0.1) is 11.7 Å². The molecule has 7 heteroatoms. The molecule has 2 aliphatic rings. The lowest BCUT2D eigenvalue weighted by molar-refractivity contribution is -0.139.